The molecule has 0 spiro atoms. The predicted octanol–water partition coefficient (Wildman–Crippen LogP) is 10.3. The first-order valence-electron chi connectivity index (χ1n) is 14.3. The van der Waals surface area contributed by atoms with Crippen molar-refractivity contribution in [2.24, 2.45) is 5.41 Å². The molecule has 0 aliphatic heterocycles. The number of hydrogen-bond acceptors (Lipinski definition) is 1. The Hall–Kier alpha value is -1.31. The molecular formula is C31H49FO. The van der Waals surface area contributed by atoms with E-state index in [2.05, 4.69) is 26.0 Å². The van der Waals surface area contributed by atoms with Crippen molar-refractivity contribution < 1.29 is 9.13 Å². The first-order valence-corrected chi connectivity index (χ1v) is 14.3. The number of allylic oxidation sites excluding steroid dienone is 2. The second-order valence-electron chi connectivity index (χ2n) is 11.0. The number of rotatable bonds is 14. The molecule has 0 saturated heterocycles. The highest BCUT2D eigenvalue weighted by atomic mass is 19.1. The van der Waals surface area contributed by atoms with Crippen LogP contribution < -0.4 is 4.74 Å². The second kappa shape index (κ2) is 14.2. The lowest BCUT2D eigenvalue weighted by atomic mass is 9.66. The molecule has 2 aliphatic rings. The molecule has 0 heterocycles. The van der Waals surface area contributed by atoms with E-state index < -0.39 is 0 Å². The van der Waals surface area contributed by atoms with Crippen molar-refractivity contribution in [1.82, 2.24) is 0 Å². The molecule has 1 aromatic carbocycles. The number of halogens is 1. The van der Waals surface area contributed by atoms with Gasteiger partial charge in [-0.15, -0.1) is 0 Å². The van der Waals surface area contributed by atoms with Crippen LogP contribution in [-0.2, 0) is 0 Å². The normalized spacial score (nSPS) is 19.2. The Kier molecular flexibility index (Phi) is 11.3. The van der Waals surface area contributed by atoms with Gasteiger partial charge in [0.05, 0.1) is 6.61 Å². The first-order chi connectivity index (χ1) is 16.2. The van der Waals surface area contributed by atoms with E-state index in [-0.39, 0.29) is 5.82 Å². The van der Waals surface area contributed by atoms with Gasteiger partial charge in [-0.3, -0.25) is 0 Å². The summed E-state index contributed by atoms with van der Waals surface area (Å²) in [4.78, 5) is 0. The van der Waals surface area contributed by atoms with Crippen LogP contribution in [0, 0.1) is 11.2 Å². The lowest BCUT2D eigenvalue weighted by Crippen LogP contribution is -2.25. The van der Waals surface area contributed by atoms with E-state index in [4.69, 9.17) is 4.74 Å². The summed E-state index contributed by atoms with van der Waals surface area (Å²) in [6.07, 6.45) is 25.7. The second-order valence-corrected chi connectivity index (χ2v) is 11.0. The largest absolute Gasteiger partial charge is 0.491 e. The zero-order valence-electron chi connectivity index (χ0n) is 21.6. The fraction of sp³-hybridized carbons (Fsp3) is 0.742. The van der Waals surface area contributed by atoms with Crippen molar-refractivity contribution in [2.75, 3.05) is 6.61 Å². The molecule has 2 aliphatic carbocycles. The predicted molar refractivity (Wildman–Crippen MR) is 140 cm³/mol. The van der Waals surface area contributed by atoms with Crippen molar-refractivity contribution in [3.8, 4) is 5.75 Å². The molecule has 0 bridgehead atoms. The number of unbranched alkanes of at least 4 members (excludes halogenated alkanes) is 3. The minimum Gasteiger partial charge on any atom is -0.491 e. The fourth-order valence-electron chi connectivity index (χ4n) is 6.16. The molecular weight excluding hydrogens is 407 g/mol. The highest BCUT2D eigenvalue weighted by Gasteiger charge is 2.32. The minimum atomic E-state index is -0.179. The molecule has 33 heavy (non-hydrogen) atoms. The van der Waals surface area contributed by atoms with Gasteiger partial charge in [0.15, 0.2) is 11.6 Å². The summed E-state index contributed by atoms with van der Waals surface area (Å²) in [6.45, 7) is 5.05. The summed E-state index contributed by atoms with van der Waals surface area (Å²) in [6, 6.07) is 5.84. The summed E-state index contributed by atoms with van der Waals surface area (Å²) >= 11 is 0. The molecule has 1 atom stereocenters. The third-order valence-corrected chi connectivity index (χ3v) is 8.32. The van der Waals surface area contributed by atoms with Gasteiger partial charge in [0.25, 0.3) is 0 Å². The Morgan fingerprint density at radius 2 is 1.76 bits per heavy atom. The van der Waals surface area contributed by atoms with Crippen molar-refractivity contribution in [3.05, 3.63) is 41.2 Å². The maximum atomic E-state index is 15.0. The van der Waals surface area contributed by atoms with Crippen molar-refractivity contribution in [1.29, 1.82) is 0 Å². The van der Waals surface area contributed by atoms with E-state index in [1.165, 1.54) is 102 Å². The molecule has 1 aromatic rings. The molecule has 2 heteroatoms. The van der Waals surface area contributed by atoms with Gasteiger partial charge in [-0.1, -0.05) is 76.5 Å². The van der Waals surface area contributed by atoms with Gasteiger partial charge in [-0.2, -0.15) is 0 Å². The van der Waals surface area contributed by atoms with Crippen LogP contribution in [0.2, 0.25) is 0 Å². The molecule has 1 fully saturated rings. The zero-order valence-corrected chi connectivity index (χ0v) is 21.6. The van der Waals surface area contributed by atoms with Crippen LogP contribution >= 0.6 is 0 Å². The van der Waals surface area contributed by atoms with Crippen LogP contribution in [0.1, 0.15) is 141 Å². The molecule has 0 radical (unpaired) electrons. The van der Waals surface area contributed by atoms with Crippen LogP contribution in [0.25, 0.3) is 0 Å². The number of benzene rings is 1. The van der Waals surface area contributed by atoms with Gasteiger partial charge in [-0.05, 0) is 99.7 Å². The SMILES string of the molecule is CCCCCC1(CCC(CC2=CCCCC2)c2ccc(OCCCC)c(F)c2)CCCCC1. The van der Waals surface area contributed by atoms with Crippen molar-refractivity contribution in [2.45, 2.75) is 135 Å². The van der Waals surface area contributed by atoms with Crippen LogP contribution in [-0.4, -0.2) is 6.61 Å². The Balaban J connectivity index is 1.73. The monoisotopic (exact) mass is 456 g/mol. The lowest BCUT2D eigenvalue weighted by Gasteiger charge is -2.39. The maximum Gasteiger partial charge on any atom is 0.165 e. The molecule has 3 rings (SSSR count). The van der Waals surface area contributed by atoms with E-state index in [0.717, 1.165) is 19.3 Å². The van der Waals surface area contributed by atoms with E-state index in [1.54, 1.807) is 11.6 Å². The highest BCUT2D eigenvalue weighted by molar-refractivity contribution is 5.32. The summed E-state index contributed by atoms with van der Waals surface area (Å²) in [5, 5.41) is 0. The van der Waals surface area contributed by atoms with E-state index >= 15 is 0 Å². The molecule has 0 N–H and O–H groups in total. The highest BCUT2D eigenvalue weighted by Crippen LogP contribution is 2.47. The summed E-state index contributed by atoms with van der Waals surface area (Å²) in [5.74, 6) is 0.672. The average molecular weight is 457 g/mol. The molecule has 1 nitrogen and oxygen atoms in total. The zero-order chi connectivity index (χ0) is 23.4. The van der Waals surface area contributed by atoms with Crippen LogP contribution in [0.3, 0.4) is 0 Å². The van der Waals surface area contributed by atoms with Gasteiger partial charge in [-0.25, -0.2) is 4.39 Å². The standard InChI is InChI=1S/C31H49FO/c1-3-5-11-19-31(20-12-8-13-21-31)22-18-28(24-26-14-9-7-10-15-26)27-16-17-30(29(32)25-27)33-23-6-4-2/h14,16-17,25,28H,3-13,15,18-24H2,1-2H3. The summed E-state index contributed by atoms with van der Waals surface area (Å²) in [5.41, 5.74) is 3.33. The lowest BCUT2D eigenvalue weighted by molar-refractivity contribution is 0.144. The van der Waals surface area contributed by atoms with Crippen molar-refractivity contribution in [3.63, 3.8) is 0 Å². The Morgan fingerprint density at radius 3 is 2.45 bits per heavy atom. The third-order valence-electron chi connectivity index (χ3n) is 8.32. The number of ether oxygens (including phenoxy) is 1. The summed E-state index contributed by atoms with van der Waals surface area (Å²) < 4.78 is 20.7. The third kappa shape index (κ3) is 8.45. The van der Waals surface area contributed by atoms with Crippen LogP contribution in [0.4, 0.5) is 4.39 Å². The maximum absolute atomic E-state index is 15.0. The van der Waals surface area contributed by atoms with E-state index in [1.807, 2.05) is 6.07 Å². The van der Waals surface area contributed by atoms with Crippen LogP contribution in [0.5, 0.6) is 5.75 Å². The average Bonchev–Trinajstić information content (AvgIpc) is 2.84. The number of hydrogen-bond donors (Lipinski definition) is 0. The topological polar surface area (TPSA) is 9.23 Å². The van der Waals surface area contributed by atoms with Crippen molar-refractivity contribution >= 4 is 0 Å². The van der Waals surface area contributed by atoms with Gasteiger partial charge in [0.1, 0.15) is 0 Å². The van der Waals surface area contributed by atoms with Gasteiger partial charge in [0, 0.05) is 0 Å². The van der Waals surface area contributed by atoms with E-state index in [9.17, 15) is 4.39 Å². The Morgan fingerprint density at radius 1 is 0.939 bits per heavy atom. The molecule has 0 amide bonds. The molecule has 1 saturated carbocycles. The van der Waals surface area contributed by atoms with Gasteiger partial charge >= 0.3 is 0 Å². The first kappa shape index (κ1) is 26.3. The molecule has 0 aromatic heterocycles. The molecule has 186 valence electrons. The van der Waals surface area contributed by atoms with Crippen LogP contribution in [0.15, 0.2) is 29.8 Å². The van der Waals surface area contributed by atoms with Gasteiger partial charge < -0.3 is 4.74 Å². The fourth-order valence-corrected chi connectivity index (χ4v) is 6.16. The summed E-state index contributed by atoms with van der Waals surface area (Å²) in [7, 11) is 0. The van der Waals surface area contributed by atoms with Gasteiger partial charge in [0.2, 0.25) is 0 Å². The Labute approximate surface area is 203 Å². The quantitative estimate of drug-likeness (QED) is 0.200. The van der Waals surface area contributed by atoms with E-state index in [0.29, 0.717) is 23.7 Å². The smallest absolute Gasteiger partial charge is 0.165 e. The minimum absolute atomic E-state index is 0.179. The Bertz CT molecular complexity index is 716. The molecule has 1 unspecified atom stereocenters.